The van der Waals surface area contributed by atoms with Crippen LogP contribution in [-0.4, -0.2) is 29.3 Å². The molecule has 0 bridgehead atoms. The van der Waals surface area contributed by atoms with Crippen LogP contribution in [-0.2, 0) is 0 Å². The first-order valence-corrected chi connectivity index (χ1v) is 5.04. The molecule has 2 N–H and O–H groups in total. The predicted molar refractivity (Wildman–Crippen MR) is 48.3 cm³/mol. The molecule has 2 unspecified atom stereocenters. The van der Waals surface area contributed by atoms with Gasteiger partial charge in [0.25, 0.3) is 0 Å². The Kier molecular flexibility index (Phi) is 2.39. The number of nitrogens with one attached hydrogen (secondary N) is 1. The highest BCUT2D eigenvalue weighted by atomic mass is 32.1. The van der Waals surface area contributed by atoms with E-state index in [1.54, 1.807) is 17.5 Å². The Hall–Kier alpha value is -0.450. The third-order valence-corrected chi connectivity index (χ3v) is 3.12. The van der Waals surface area contributed by atoms with Crippen LogP contribution < -0.4 is 5.32 Å². The van der Waals surface area contributed by atoms with Crippen molar-refractivity contribution in [3.63, 3.8) is 0 Å². The topological polar surface area (TPSA) is 45.1 Å². The largest absolute Gasteiger partial charge is 0.392 e. The van der Waals surface area contributed by atoms with Gasteiger partial charge in [-0.05, 0) is 13.0 Å². The van der Waals surface area contributed by atoms with Gasteiger partial charge in [0.05, 0.1) is 11.1 Å². The summed E-state index contributed by atoms with van der Waals surface area (Å²) < 4.78 is 0. The zero-order valence-electron chi connectivity index (χ0n) is 6.73. The number of hydrogen-bond donors (Lipinski definition) is 2. The highest BCUT2D eigenvalue weighted by Crippen LogP contribution is 2.24. The van der Waals surface area contributed by atoms with Crippen molar-refractivity contribution in [2.45, 2.75) is 18.4 Å². The Bertz CT molecular complexity index is 237. The van der Waals surface area contributed by atoms with E-state index in [1.807, 2.05) is 5.38 Å². The lowest BCUT2D eigenvalue weighted by Crippen LogP contribution is -2.38. The fraction of sp³-hybridized carbons (Fsp3) is 0.625. The van der Waals surface area contributed by atoms with Gasteiger partial charge in [0, 0.05) is 24.0 Å². The van der Waals surface area contributed by atoms with Crippen molar-refractivity contribution in [1.82, 2.24) is 10.3 Å². The molecule has 66 valence electrons. The Morgan fingerprint density at radius 3 is 3.25 bits per heavy atom. The van der Waals surface area contributed by atoms with Crippen LogP contribution in [0, 0.1) is 0 Å². The number of aromatic nitrogens is 1. The van der Waals surface area contributed by atoms with E-state index in [-0.39, 0.29) is 12.0 Å². The average Bonchev–Trinajstić information content (AvgIpc) is 2.57. The van der Waals surface area contributed by atoms with Gasteiger partial charge in [-0.15, -0.1) is 11.3 Å². The lowest BCUT2D eigenvalue weighted by Gasteiger charge is -2.26. The lowest BCUT2D eigenvalue weighted by molar-refractivity contribution is 0.114. The minimum absolute atomic E-state index is 0.207. The molecule has 0 amide bonds. The SMILES string of the molecule is OC1CCNCC1c1nccs1. The van der Waals surface area contributed by atoms with Gasteiger partial charge < -0.3 is 10.4 Å². The maximum absolute atomic E-state index is 9.67. The Labute approximate surface area is 75.5 Å². The second-order valence-electron chi connectivity index (χ2n) is 3.04. The van der Waals surface area contributed by atoms with Crippen LogP contribution in [0.4, 0.5) is 0 Å². The van der Waals surface area contributed by atoms with Gasteiger partial charge in [0.1, 0.15) is 0 Å². The summed E-state index contributed by atoms with van der Waals surface area (Å²) in [5, 5.41) is 15.9. The molecular weight excluding hydrogens is 172 g/mol. The molecule has 0 saturated carbocycles. The molecule has 12 heavy (non-hydrogen) atoms. The van der Waals surface area contributed by atoms with E-state index < -0.39 is 0 Å². The minimum Gasteiger partial charge on any atom is -0.392 e. The van der Waals surface area contributed by atoms with E-state index in [0.29, 0.717) is 0 Å². The summed E-state index contributed by atoms with van der Waals surface area (Å²) in [6.45, 7) is 1.78. The number of piperidine rings is 1. The van der Waals surface area contributed by atoms with Crippen molar-refractivity contribution in [2.75, 3.05) is 13.1 Å². The monoisotopic (exact) mass is 184 g/mol. The lowest BCUT2D eigenvalue weighted by atomic mass is 9.97. The summed E-state index contributed by atoms with van der Waals surface area (Å²) in [7, 11) is 0. The van der Waals surface area contributed by atoms with Crippen molar-refractivity contribution in [3.05, 3.63) is 16.6 Å². The Morgan fingerprint density at radius 1 is 1.67 bits per heavy atom. The minimum atomic E-state index is -0.211. The van der Waals surface area contributed by atoms with Crippen LogP contribution in [0.15, 0.2) is 11.6 Å². The molecule has 2 atom stereocenters. The second-order valence-corrected chi connectivity index (χ2v) is 3.96. The molecule has 1 aromatic heterocycles. The molecule has 4 heteroatoms. The van der Waals surface area contributed by atoms with Crippen LogP contribution in [0.25, 0.3) is 0 Å². The van der Waals surface area contributed by atoms with Crippen LogP contribution in [0.3, 0.4) is 0 Å². The van der Waals surface area contributed by atoms with E-state index in [9.17, 15) is 5.11 Å². The molecule has 0 spiro atoms. The van der Waals surface area contributed by atoms with Crippen molar-refractivity contribution in [3.8, 4) is 0 Å². The number of nitrogens with zero attached hydrogens (tertiary/aromatic N) is 1. The molecule has 2 rings (SSSR count). The van der Waals surface area contributed by atoms with Crippen LogP contribution in [0.5, 0.6) is 0 Å². The fourth-order valence-corrected chi connectivity index (χ4v) is 2.31. The smallest absolute Gasteiger partial charge is 0.0994 e. The number of aliphatic hydroxyl groups is 1. The first-order valence-electron chi connectivity index (χ1n) is 4.16. The molecule has 0 radical (unpaired) electrons. The van der Waals surface area contributed by atoms with E-state index >= 15 is 0 Å². The van der Waals surface area contributed by atoms with Gasteiger partial charge in [-0.25, -0.2) is 4.98 Å². The molecule has 3 nitrogen and oxygen atoms in total. The molecule has 0 aliphatic carbocycles. The van der Waals surface area contributed by atoms with Crippen LogP contribution in [0.1, 0.15) is 17.3 Å². The number of hydrogen-bond acceptors (Lipinski definition) is 4. The first kappa shape index (κ1) is 8.16. The summed E-state index contributed by atoms with van der Waals surface area (Å²) in [4.78, 5) is 4.21. The van der Waals surface area contributed by atoms with Gasteiger partial charge in [-0.1, -0.05) is 0 Å². The summed E-state index contributed by atoms with van der Waals surface area (Å²) in [6.07, 6.45) is 2.42. The first-order chi connectivity index (χ1) is 5.88. The predicted octanol–water partition coefficient (Wildman–Crippen LogP) is 0.581. The van der Waals surface area contributed by atoms with Gasteiger partial charge in [-0.3, -0.25) is 0 Å². The second kappa shape index (κ2) is 3.51. The standard InChI is InChI=1S/C8H12N2OS/c11-7-1-2-9-5-6(7)8-10-3-4-12-8/h3-4,6-7,9,11H,1-2,5H2. The normalized spacial score (nSPS) is 30.4. The van der Waals surface area contributed by atoms with Crippen LogP contribution >= 0.6 is 11.3 Å². The quantitative estimate of drug-likeness (QED) is 0.671. The van der Waals surface area contributed by atoms with Gasteiger partial charge >= 0.3 is 0 Å². The maximum Gasteiger partial charge on any atom is 0.0994 e. The van der Waals surface area contributed by atoms with E-state index in [1.165, 1.54) is 0 Å². The summed E-state index contributed by atoms with van der Waals surface area (Å²) in [6, 6.07) is 0. The maximum atomic E-state index is 9.67. The zero-order valence-corrected chi connectivity index (χ0v) is 7.55. The third kappa shape index (κ3) is 1.50. The van der Waals surface area contributed by atoms with Crippen molar-refractivity contribution in [1.29, 1.82) is 0 Å². The summed E-state index contributed by atoms with van der Waals surface area (Å²) in [5.41, 5.74) is 0. The molecular formula is C8H12N2OS. The molecule has 2 heterocycles. The molecule has 1 aliphatic rings. The van der Waals surface area contributed by atoms with Gasteiger partial charge in [-0.2, -0.15) is 0 Å². The molecule has 1 fully saturated rings. The third-order valence-electron chi connectivity index (χ3n) is 2.21. The van der Waals surface area contributed by atoms with E-state index in [0.717, 1.165) is 24.5 Å². The van der Waals surface area contributed by atoms with Crippen LogP contribution in [0.2, 0.25) is 0 Å². The van der Waals surface area contributed by atoms with Gasteiger partial charge in [0.2, 0.25) is 0 Å². The molecule has 1 saturated heterocycles. The van der Waals surface area contributed by atoms with E-state index in [4.69, 9.17) is 0 Å². The Morgan fingerprint density at radius 2 is 2.58 bits per heavy atom. The number of thiazole rings is 1. The molecule has 0 aromatic carbocycles. The van der Waals surface area contributed by atoms with Gasteiger partial charge in [0.15, 0.2) is 0 Å². The number of aliphatic hydroxyl groups excluding tert-OH is 1. The molecule has 1 aliphatic heterocycles. The van der Waals surface area contributed by atoms with E-state index in [2.05, 4.69) is 10.3 Å². The van der Waals surface area contributed by atoms with Crippen molar-refractivity contribution >= 4 is 11.3 Å². The van der Waals surface area contributed by atoms with Crippen molar-refractivity contribution < 1.29 is 5.11 Å². The fourth-order valence-electron chi connectivity index (χ4n) is 1.51. The number of rotatable bonds is 1. The Balaban J connectivity index is 2.11. The average molecular weight is 184 g/mol. The molecule has 1 aromatic rings. The highest BCUT2D eigenvalue weighted by molar-refractivity contribution is 7.09. The van der Waals surface area contributed by atoms with Crippen molar-refractivity contribution in [2.24, 2.45) is 0 Å². The summed E-state index contributed by atoms with van der Waals surface area (Å²) in [5.74, 6) is 0.207. The zero-order chi connectivity index (χ0) is 8.39. The highest BCUT2D eigenvalue weighted by Gasteiger charge is 2.25. The summed E-state index contributed by atoms with van der Waals surface area (Å²) >= 11 is 1.62.